The van der Waals surface area contributed by atoms with Crippen molar-refractivity contribution in [3.8, 4) is 16.9 Å². The molecule has 0 atom stereocenters. The largest absolute Gasteiger partial charge is 0.496 e. The van der Waals surface area contributed by atoms with Crippen LogP contribution in [0.5, 0.6) is 5.75 Å². The minimum atomic E-state index is -3.17. The number of fused-ring (bicyclic) bond motifs is 3. The second-order valence-electron chi connectivity index (χ2n) is 16.3. The predicted molar refractivity (Wildman–Crippen MR) is 200 cm³/mol. The number of pyridine rings is 1. The van der Waals surface area contributed by atoms with E-state index in [1.165, 1.54) is 22.3 Å². The molecule has 11 nitrogen and oxygen atoms in total. The maximum absolute atomic E-state index is 14.7. The number of sulfone groups is 1. The molecule has 0 unspecified atom stereocenters. The van der Waals surface area contributed by atoms with E-state index in [2.05, 4.69) is 44.1 Å². The number of ether oxygens (including phenoxy) is 2. The molecule has 2 aromatic heterocycles. The minimum Gasteiger partial charge on any atom is -0.496 e. The lowest BCUT2D eigenvalue weighted by atomic mass is 9.51. The highest BCUT2D eigenvalue weighted by Crippen LogP contribution is 2.58. The van der Waals surface area contributed by atoms with Crippen LogP contribution >= 0.6 is 0 Å². The van der Waals surface area contributed by atoms with E-state index in [4.69, 9.17) is 14.5 Å². The number of benzene rings is 1. The highest BCUT2D eigenvalue weighted by molar-refractivity contribution is 7.91. The molecule has 4 aliphatic carbocycles. The molecule has 0 radical (unpaired) electrons. The lowest BCUT2D eigenvalue weighted by Gasteiger charge is -2.55. The number of rotatable bonds is 10. The molecule has 0 N–H and O–H groups in total. The van der Waals surface area contributed by atoms with Gasteiger partial charge in [-0.15, -0.1) is 0 Å². The van der Waals surface area contributed by atoms with Gasteiger partial charge < -0.3 is 14.4 Å². The SMILES string of the molecule is COc1ccc(C23CCC(CN(C(=O)C4CCC(OC(=O)N5CC(S(C)(=O)=O)C5)CC4)c4cc(-c5cnn(C(C)C)c5)ccn4)(CC2)CC3)cc1C. The summed E-state index contributed by atoms with van der Waals surface area (Å²) < 4.78 is 36.8. The van der Waals surface area contributed by atoms with Crippen molar-refractivity contribution < 1.29 is 27.5 Å². The topological polar surface area (TPSA) is 124 Å². The third-order valence-electron chi connectivity index (χ3n) is 12.7. The second-order valence-corrected chi connectivity index (χ2v) is 18.6. The average molecular weight is 732 g/mol. The summed E-state index contributed by atoms with van der Waals surface area (Å²) in [7, 11) is -1.45. The Bertz CT molecular complexity index is 1890. The van der Waals surface area contributed by atoms with E-state index in [-0.39, 0.29) is 47.9 Å². The summed E-state index contributed by atoms with van der Waals surface area (Å²) in [5.74, 6) is 1.49. The molecule has 4 saturated carbocycles. The molecule has 12 heteroatoms. The first-order valence-corrected chi connectivity index (χ1v) is 20.9. The van der Waals surface area contributed by atoms with Gasteiger partial charge in [-0.25, -0.2) is 18.2 Å². The van der Waals surface area contributed by atoms with Gasteiger partial charge in [0.25, 0.3) is 0 Å². The first-order valence-electron chi connectivity index (χ1n) is 18.9. The van der Waals surface area contributed by atoms with Crippen LogP contribution in [-0.4, -0.2) is 84.4 Å². The van der Waals surface area contributed by atoms with E-state index in [9.17, 15) is 18.0 Å². The number of likely N-dealkylation sites (tertiary alicyclic amines) is 1. The van der Waals surface area contributed by atoms with Gasteiger partial charge in [0, 0.05) is 55.8 Å². The van der Waals surface area contributed by atoms with E-state index in [1.54, 1.807) is 13.3 Å². The molecule has 5 fully saturated rings. The summed E-state index contributed by atoms with van der Waals surface area (Å²) in [5.41, 5.74) is 4.74. The molecular formula is C40H53N5O6S. The van der Waals surface area contributed by atoms with Gasteiger partial charge in [-0.3, -0.25) is 14.4 Å². The van der Waals surface area contributed by atoms with Crippen LogP contribution in [0.2, 0.25) is 0 Å². The van der Waals surface area contributed by atoms with Gasteiger partial charge in [-0.05, 0) is 131 Å². The molecule has 0 spiro atoms. The fourth-order valence-corrected chi connectivity index (χ4v) is 9.89. The van der Waals surface area contributed by atoms with Crippen LogP contribution in [0.25, 0.3) is 11.1 Å². The van der Waals surface area contributed by atoms with Crippen molar-refractivity contribution in [3.05, 3.63) is 60.0 Å². The molecular weight excluding hydrogens is 679 g/mol. The second kappa shape index (κ2) is 14.1. The zero-order chi connectivity index (χ0) is 36.8. The van der Waals surface area contributed by atoms with Gasteiger partial charge in [0.2, 0.25) is 5.91 Å². The van der Waals surface area contributed by atoms with E-state index >= 15 is 0 Å². The van der Waals surface area contributed by atoms with Gasteiger partial charge in [-0.1, -0.05) is 12.1 Å². The van der Waals surface area contributed by atoms with Crippen LogP contribution in [0, 0.1) is 18.3 Å². The van der Waals surface area contributed by atoms with Crippen molar-refractivity contribution >= 4 is 27.7 Å². The van der Waals surface area contributed by atoms with Crippen molar-refractivity contribution in [1.29, 1.82) is 0 Å². The van der Waals surface area contributed by atoms with Crippen molar-refractivity contribution in [1.82, 2.24) is 19.7 Å². The summed E-state index contributed by atoms with van der Waals surface area (Å²) in [6.45, 7) is 7.30. The van der Waals surface area contributed by atoms with Crippen molar-refractivity contribution in [2.75, 3.05) is 37.9 Å². The Morgan fingerprint density at radius 3 is 2.27 bits per heavy atom. The van der Waals surface area contributed by atoms with Gasteiger partial charge in [0.1, 0.15) is 17.7 Å². The Morgan fingerprint density at radius 1 is 0.981 bits per heavy atom. The highest BCUT2D eigenvalue weighted by Gasteiger charge is 2.51. The molecule has 1 aliphatic heterocycles. The van der Waals surface area contributed by atoms with Gasteiger partial charge >= 0.3 is 6.09 Å². The smallest absolute Gasteiger partial charge is 0.410 e. The number of aryl methyl sites for hydroxylation is 1. The standard InChI is InChI=1S/C40H53N5O6S/c1-27(2)45-23-31(22-42-45)30-12-19-41-36(21-30)44(26-39-13-16-40(17-14-39,18-15-39)32-8-11-35(50-4)28(3)20-32)37(46)29-6-9-33(10-7-29)51-38(47)43-24-34(25-43)52(5,48)49/h8,11-12,19-23,27,29,33-34H,6-7,9-10,13-18,24-26H2,1-5H3. The number of carbonyl (C=O) groups excluding carboxylic acids is 2. The number of hydrogen-bond acceptors (Lipinski definition) is 8. The quantitative estimate of drug-likeness (QED) is 0.221. The van der Waals surface area contributed by atoms with Crippen LogP contribution in [-0.2, 0) is 24.8 Å². The maximum Gasteiger partial charge on any atom is 0.410 e. The third-order valence-corrected chi connectivity index (χ3v) is 14.2. The molecule has 280 valence electrons. The number of anilines is 1. The molecule has 1 saturated heterocycles. The fourth-order valence-electron chi connectivity index (χ4n) is 8.99. The minimum absolute atomic E-state index is 0.0208. The Balaban J connectivity index is 1.07. The van der Waals surface area contributed by atoms with Crippen LogP contribution in [0.3, 0.4) is 0 Å². The van der Waals surface area contributed by atoms with Gasteiger partial charge in [-0.2, -0.15) is 5.10 Å². The number of hydrogen-bond donors (Lipinski definition) is 0. The zero-order valence-corrected chi connectivity index (χ0v) is 32.0. The molecule has 1 aromatic carbocycles. The molecule has 5 aliphatic rings. The van der Waals surface area contributed by atoms with Crippen molar-refractivity contribution in [3.63, 3.8) is 0 Å². The molecule has 2 bridgehead atoms. The van der Waals surface area contributed by atoms with E-state index in [0.717, 1.165) is 55.4 Å². The zero-order valence-electron chi connectivity index (χ0n) is 31.2. The van der Waals surface area contributed by atoms with Crippen molar-refractivity contribution in [2.24, 2.45) is 11.3 Å². The van der Waals surface area contributed by atoms with E-state index in [0.29, 0.717) is 38.0 Å². The van der Waals surface area contributed by atoms with Crippen molar-refractivity contribution in [2.45, 2.75) is 108 Å². The van der Waals surface area contributed by atoms with Crippen LogP contribution in [0.15, 0.2) is 48.9 Å². The predicted octanol–water partition coefficient (Wildman–Crippen LogP) is 6.89. The first kappa shape index (κ1) is 36.4. The van der Waals surface area contributed by atoms with Crippen LogP contribution in [0.4, 0.5) is 10.6 Å². The number of methoxy groups -OCH3 is 1. The lowest BCUT2D eigenvalue weighted by molar-refractivity contribution is -0.124. The summed E-state index contributed by atoms with van der Waals surface area (Å²) in [4.78, 5) is 35.6. The number of aromatic nitrogens is 3. The molecule has 52 heavy (non-hydrogen) atoms. The monoisotopic (exact) mass is 731 g/mol. The number of amides is 2. The number of nitrogens with zero attached hydrogens (tertiary/aromatic N) is 5. The van der Waals surface area contributed by atoms with Gasteiger partial charge in [0.05, 0.1) is 18.6 Å². The lowest BCUT2D eigenvalue weighted by Crippen LogP contribution is -2.57. The maximum atomic E-state index is 14.7. The third kappa shape index (κ3) is 7.19. The van der Waals surface area contributed by atoms with E-state index in [1.807, 2.05) is 34.1 Å². The summed E-state index contributed by atoms with van der Waals surface area (Å²) >= 11 is 0. The first-order chi connectivity index (χ1) is 24.8. The Kier molecular flexibility index (Phi) is 9.90. The summed E-state index contributed by atoms with van der Waals surface area (Å²) in [6, 6.07) is 10.9. The van der Waals surface area contributed by atoms with E-state index < -0.39 is 21.2 Å². The Labute approximate surface area is 308 Å². The summed E-state index contributed by atoms with van der Waals surface area (Å²) in [5, 5.41) is 4.03. The fraction of sp³-hybridized carbons (Fsp3) is 0.600. The van der Waals surface area contributed by atoms with Crippen LogP contribution in [0.1, 0.15) is 95.2 Å². The highest BCUT2D eigenvalue weighted by atomic mass is 32.2. The summed E-state index contributed by atoms with van der Waals surface area (Å²) in [6.07, 6.45) is 15.1. The Morgan fingerprint density at radius 2 is 1.67 bits per heavy atom. The molecule has 8 rings (SSSR count). The van der Waals surface area contributed by atoms with Crippen LogP contribution < -0.4 is 9.64 Å². The molecule has 3 aromatic rings. The average Bonchev–Trinajstić information content (AvgIpc) is 3.62. The Hall–Kier alpha value is -3.93. The normalized spacial score (nSPS) is 26.2. The van der Waals surface area contributed by atoms with Gasteiger partial charge in [0.15, 0.2) is 9.84 Å². The number of carbonyl (C=O) groups is 2. The molecule has 2 amide bonds. The molecule has 3 heterocycles.